The molecule has 0 radical (unpaired) electrons. The van der Waals surface area contributed by atoms with E-state index in [1.165, 1.54) is 14.0 Å². The van der Waals surface area contributed by atoms with Crippen LogP contribution in [0.3, 0.4) is 0 Å². The second-order valence-corrected chi connectivity index (χ2v) is 5.37. The topological polar surface area (TPSA) is 102 Å². The number of carbonyl (C=O) groups is 3. The molecule has 0 bridgehead atoms. The standard InChI is InChI=1S/C15H18BNO6/c1-9(18)6-7-13(19)17-12-8-10-4-3-5-11(15(20)22-2)14(10)23-16(12)21/h3-5,12,21H,6-8H2,1-2H3,(H,17,19). The molecule has 0 spiro atoms. The Hall–Kier alpha value is -2.35. The monoisotopic (exact) mass is 319 g/mol. The van der Waals surface area contributed by atoms with Crippen molar-refractivity contribution in [2.75, 3.05) is 7.11 Å². The molecule has 1 aliphatic heterocycles. The Morgan fingerprint density at radius 2 is 2.13 bits per heavy atom. The molecular weight excluding hydrogens is 301 g/mol. The van der Waals surface area contributed by atoms with Crippen LogP contribution in [0.5, 0.6) is 5.75 Å². The minimum absolute atomic E-state index is 0.0631. The maximum absolute atomic E-state index is 11.8. The van der Waals surface area contributed by atoms with E-state index >= 15 is 0 Å². The average Bonchev–Trinajstić information content (AvgIpc) is 2.52. The van der Waals surface area contributed by atoms with Gasteiger partial charge < -0.3 is 24.5 Å². The molecule has 1 aliphatic rings. The van der Waals surface area contributed by atoms with Crippen LogP contribution >= 0.6 is 0 Å². The SMILES string of the molecule is COC(=O)c1cccc2c1OB(O)C(NC(=O)CCC(C)=O)C2. The number of benzene rings is 1. The Labute approximate surface area is 134 Å². The summed E-state index contributed by atoms with van der Waals surface area (Å²) >= 11 is 0. The second-order valence-electron chi connectivity index (χ2n) is 5.37. The summed E-state index contributed by atoms with van der Waals surface area (Å²) in [4.78, 5) is 34.4. The Balaban J connectivity index is 2.11. The zero-order valence-corrected chi connectivity index (χ0v) is 13.0. The maximum Gasteiger partial charge on any atom is 0.547 e. The van der Waals surface area contributed by atoms with E-state index in [1.807, 2.05) is 0 Å². The molecule has 1 unspecified atom stereocenters. The van der Waals surface area contributed by atoms with Crippen molar-refractivity contribution in [3.8, 4) is 5.75 Å². The van der Waals surface area contributed by atoms with Gasteiger partial charge in [0.15, 0.2) is 0 Å². The molecule has 1 heterocycles. The zero-order valence-electron chi connectivity index (χ0n) is 13.0. The highest BCUT2D eigenvalue weighted by atomic mass is 16.5. The van der Waals surface area contributed by atoms with Gasteiger partial charge in [-0.05, 0) is 25.0 Å². The molecule has 1 aromatic rings. The van der Waals surface area contributed by atoms with Gasteiger partial charge in [0.2, 0.25) is 5.91 Å². The normalized spacial score (nSPS) is 16.1. The van der Waals surface area contributed by atoms with Gasteiger partial charge in [0.1, 0.15) is 17.1 Å². The van der Waals surface area contributed by atoms with Gasteiger partial charge >= 0.3 is 13.1 Å². The fourth-order valence-electron chi connectivity index (χ4n) is 2.39. The smallest absolute Gasteiger partial charge is 0.534 e. The van der Waals surface area contributed by atoms with Crippen LogP contribution in [0.1, 0.15) is 35.7 Å². The third kappa shape index (κ3) is 4.10. The Kier molecular flexibility index (Phi) is 5.38. The van der Waals surface area contributed by atoms with Gasteiger partial charge in [-0.15, -0.1) is 0 Å². The third-order valence-electron chi connectivity index (χ3n) is 3.58. The number of amides is 1. The van der Waals surface area contributed by atoms with Crippen LogP contribution in [-0.2, 0) is 20.7 Å². The van der Waals surface area contributed by atoms with Crippen molar-refractivity contribution in [1.82, 2.24) is 5.32 Å². The van der Waals surface area contributed by atoms with Crippen LogP contribution in [0.25, 0.3) is 0 Å². The van der Waals surface area contributed by atoms with E-state index in [2.05, 4.69) is 10.1 Å². The predicted octanol–water partition coefficient (Wildman–Crippen LogP) is 0.282. The number of para-hydroxylation sites is 1. The molecule has 0 aliphatic carbocycles. The quantitative estimate of drug-likeness (QED) is 0.597. The lowest BCUT2D eigenvalue weighted by atomic mass is 9.72. The van der Waals surface area contributed by atoms with E-state index in [4.69, 9.17) is 4.65 Å². The molecule has 8 heteroatoms. The summed E-state index contributed by atoms with van der Waals surface area (Å²) in [6.07, 6.45) is 0.527. The molecule has 2 N–H and O–H groups in total. The lowest BCUT2D eigenvalue weighted by Gasteiger charge is -2.29. The second kappa shape index (κ2) is 7.28. The minimum Gasteiger partial charge on any atom is -0.534 e. The molecular formula is C15H18BNO6. The van der Waals surface area contributed by atoms with Crippen LogP contribution in [-0.4, -0.2) is 42.9 Å². The molecule has 1 amide bonds. The molecule has 0 aromatic heterocycles. The summed E-state index contributed by atoms with van der Waals surface area (Å²) in [7, 11) is -0.0199. The van der Waals surface area contributed by atoms with Crippen molar-refractivity contribution >= 4 is 24.8 Å². The van der Waals surface area contributed by atoms with Crippen LogP contribution in [0.4, 0.5) is 0 Å². The van der Waals surface area contributed by atoms with Crippen LogP contribution in [0.2, 0.25) is 0 Å². The lowest BCUT2D eigenvalue weighted by molar-refractivity contribution is -0.124. The predicted molar refractivity (Wildman–Crippen MR) is 81.9 cm³/mol. The highest BCUT2D eigenvalue weighted by Gasteiger charge is 2.37. The first-order valence-corrected chi connectivity index (χ1v) is 7.26. The first-order valence-electron chi connectivity index (χ1n) is 7.26. The molecule has 1 aromatic carbocycles. The molecule has 2 rings (SSSR count). The van der Waals surface area contributed by atoms with Crippen molar-refractivity contribution in [3.05, 3.63) is 29.3 Å². The number of hydrogen-bond acceptors (Lipinski definition) is 6. The molecule has 0 saturated carbocycles. The van der Waals surface area contributed by atoms with E-state index in [1.54, 1.807) is 18.2 Å². The Morgan fingerprint density at radius 1 is 1.39 bits per heavy atom. The average molecular weight is 319 g/mol. The first kappa shape index (κ1) is 17.0. The first-order chi connectivity index (χ1) is 10.9. The molecule has 122 valence electrons. The molecule has 0 saturated heterocycles. The number of fused-ring (bicyclic) bond motifs is 1. The van der Waals surface area contributed by atoms with Crippen LogP contribution in [0, 0.1) is 0 Å². The number of methoxy groups -OCH3 is 1. The van der Waals surface area contributed by atoms with Crippen molar-refractivity contribution in [2.45, 2.75) is 32.1 Å². The van der Waals surface area contributed by atoms with Gasteiger partial charge in [-0.1, -0.05) is 12.1 Å². The van der Waals surface area contributed by atoms with Gasteiger partial charge in [-0.25, -0.2) is 4.79 Å². The summed E-state index contributed by atoms with van der Waals surface area (Å²) < 4.78 is 10.1. The summed E-state index contributed by atoms with van der Waals surface area (Å²) in [5.41, 5.74) is 0.917. The van der Waals surface area contributed by atoms with E-state index in [-0.39, 0.29) is 35.8 Å². The fraction of sp³-hybridized carbons (Fsp3) is 0.400. The lowest BCUT2D eigenvalue weighted by Crippen LogP contribution is -2.53. The summed E-state index contributed by atoms with van der Waals surface area (Å²) in [6, 6.07) is 4.98. The van der Waals surface area contributed by atoms with Crippen molar-refractivity contribution in [3.63, 3.8) is 0 Å². The molecule has 1 atom stereocenters. The molecule has 7 nitrogen and oxygen atoms in total. The van der Waals surface area contributed by atoms with E-state index in [0.29, 0.717) is 12.0 Å². The van der Waals surface area contributed by atoms with Crippen molar-refractivity contribution < 1.29 is 28.8 Å². The number of hydrogen-bond donors (Lipinski definition) is 2. The molecule has 0 fully saturated rings. The largest absolute Gasteiger partial charge is 0.547 e. The number of ketones is 1. The third-order valence-corrected chi connectivity index (χ3v) is 3.58. The van der Waals surface area contributed by atoms with E-state index < -0.39 is 19.0 Å². The fourth-order valence-corrected chi connectivity index (χ4v) is 2.39. The van der Waals surface area contributed by atoms with Crippen molar-refractivity contribution in [1.29, 1.82) is 0 Å². The van der Waals surface area contributed by atoms with Gasteiger partial charge in [0, 0.05) is 12.8 Å². The maximum atomic E-state index is 11.8. The Bertz CT molecular complexity index is 632. The van der Waals surface area contributed by atoms with Gasteiger partial charge in [-0.3, -0.25) is 4.79 Å². The van der Waals surface area contributed by atoms with Crippen LogP contribution < -0.4 is 9.97 Å². The zero-order chi connectivity index (χ0) is 17.0. The van der Waals surface area contributed by atoms with Gasteiger partial charge in [0.05, 0.1) is 13.1 Å². The Morgan fingerprint density at radius 3 is 2.78 bits per heavy atom. The molecule has 23 heavy (non-hydrogen) atoms. The summed E-state index contributed by atoms with van der Waals surface area (Å²) in [5, 5.41) is 12.7. The summed E-state index contributed by atoms with van der Waals surface area (Å²) in [5.74, 6) is -1.34. The van der Waals surface area contributed by atoms with Gasteiger partial charge in [-0.2, -0.15) is 0 Å². The summed E-state index contributed by atoms with van der Waals surface area (Å²) in [6.45, 7) is 1.41. The number of esters is 1. The van der Waals surface area contributed by atoms with E-state index in [9.17, 15) is 19.4 Å². The van der Waals surface area contributed by atoms with Crippen LogP contribution in [0.15, 0.2) is 18.2 Å². The number of rotatable bonds is 5. The minimum atomic E-state index is -1.28. The highest BCUT2D eigenvalue weighted by Crippen LogP contribution is 2.30. The number of carbonyl (C=O) groups excluding carboxylic acids is 3. The highest BCUT2D eigenvalue weighted by molar-refractivity contribution is 6.47. The number of Topliss-reactive ketones (excluding diaryl/α,β-unsaturated/α-hetero) is 1. The van der Waals surface area contributed by atoms with E-state index in [0.717, 1.165) is 0 Å². The number of ether oxygens (including phenoxy) is 1. The van der Waals surface area contributed by atoms with Crippen molar-refractivity contribution in [2.24, 2.45) is 0 Å². The number of nitrogens with one attached hydrogen (secondary N) is 1. The van der Waals surface area contributed by atoms with Gasteiger partial charge in [0.25, 0.3) is 0 Å².